The van der Waals surface area contributed by atoms with E-state index in [4.69, 9.17) is 0 Å². The fraction of sp³-hybridized carbons (Fsp3) is 0.240. The molecular formula is C25H23FN4O. The van der Waals surface area contributed by atoms with Gasteiger partial charge in [0.05, 0.1) is 0 Å². The van der Waals surface area contributed by atoms with Crippen molar-refractivity contribution in [2.75, 3.05) is 13.1 Å². The summed E-state index contributed by atoms with van der Waals surface area (Å²) in [5, 5.41) is 0.828. The zero-order valence-corrected chi connectivity index (χ0v) is 17.1. The summed E-state index contributed by atoms with van der Waals surface area (Å²) in [7, 11) is 0. The van der Waals surface area contributed by atoms with Crippen molar-refractivity contribution in [3.05, 3.63) is 83.9 Å². The molecular weight excluding hydrogens is 391 g/mol. The summed E-state index contributed by atoms with van der Waals surface area (Å²) in [6.07, 6.45) is 4.57. The number of fused-ring (bicyclic) bond motifs is 1. The smallest absolute Gasteiger partial charge is 0.270 e. The average molecular weight is 414 g/mol. The van der Waals surface area contributed by atoms with Crippen molar-refractivity contribution in [3.63, 3.8) is 0 Å². The maximum Gasteiger partial charge on any atom is 0.270 e. The van der Waals surface area contributed by atoms with Crippen LogP contribution in [-0.4, -0.2) is 38.8 Å². The Morgan fingerprint density at radius 1 is 1.06 bits per heavy atom. The van der Waals surface area contributed by atoms with Gasteiger partial charge >= 0.3 is 0 Å². The summed E-state index contributed by atoms with van der Waals surface area (Å²) < 4.78 is 13.1. The normalized spacial score (nSPS) is 14.8. The summed E-state index contributed by atoms with van der Waals surface area (Å²) in [5.41, 5.74) is 3.31. The molecule has 1 aliphatic heterocycles. The highest BCUT2D eigenvalue weighted by atomic mass is 19.1. The molecule has 1 saturated heterocycles. The highest BCUT2D eigenvalue weighted by Gasteiger charge is 2.25. The molecule has 1 fully saturated rings. The summed E-state index contributed by atoms with van der Waals surface area (Å²) >= 11 is 0. The quantitative estimate of drug-likeness (QED) is 0.519. The first-order valence-corrected chi connectivity index (χ1v) is 10.6. The van der Waals surface area contributed by atoms with Crippen molar-refractivity contribution in [1.82, 2.24) is 19.9 Å². The standard InChI is InChI=1S/C25H23FN4O/c26-21-8-6-17(7-9-21)14-18-10-12-30(13-11-18)25(31)22-15-20-16-27-23(29-24(20)28-22)19-4-2-1-3-5-19/h1-9,15-16,18H,10-14H2,(H,27,28,29). The predicted octanol–water partition coefficient (Wildman–Crippen LogP) is 4.86. The van der Waals surface area contributed by atoms with E-state index in [9.17, 15) is 9.18 Å². The topological polar surface area (TPSA) is 61.9 Å². The SMILES string of the molecule is O=C(c1cc2cnc(-c3ccccc3)nc2[nH]1)N1CCC(Cc2ccc(F)cc2)CC1. The molecule has 1 amide bonds. The van der Waals surface area contributed by atoms with Gasteiger partial charge in [0.25, 0.3) is 5.91 Å². The van der Waals surface area contributed by atoms with Gasteiger partial charge in [-0.2, -0.15) is 0 Å². The average Bonchev–Trinajstić information content (AvgIpc) is 3.25. The zero-order valence-electron chi connectivity index (χ0n) is 17.1. The number of piperidine rings is 1. The lowest BCUT2D eigenvalue weighted by atomic mass is 9.90. The Morgan fingerprint density at radius 2 is 1.81 bits per heavy atom. The van der Waals surface area contributed by atoms with Crippen molar-refractivity contribution in [2.24, 2.45) is 5.92 Å². The molecule has 6 heteroatoms. The molecule has 0 atom stereocenters. The number of likely N-dealkylation sites (tertiary alicyclic amines) is 1. The lowest BCUT2D eigenvalue weighted by Crippen LogP contribution is -2.39. The zero-order chi connectivity index (χ0) is 21.2. The number of hydrogen-bond acceptors (Lipinski definition) is 3. The van der Waals surface area contributed by atoms with Crippen LogP contribution in [0.3, 0.4) is 0 Å². The van der Waals surface area contributed by atoms with Crippen LogP contribution < -0.4 is 0 Å². The molecule has 31 heavy (non-hydrogen) atoms. The molecule has 1 N–H and O–H groups in total. The number of aromatic nitrogens is 3. The van der Waals surface area contributed by atoms with Crippen molar-refractivity contribution in [3.8, 4) is 11.4 Å². The lowest BCUT2D eigenvalue weighted by molar-refractivity contribution is 0.0685. The van der Waals surface area contributed by atoms with Gasteiger partial charge in [0, 0.05) is 30.2 Å². The van der Waals surface area contributed by atoms with E-state index in [2.05, 4.69) is 15.0 Å². The van der Waals surface area contributed by atoms with Gasteiger partial charge in [-0.25, -0.2) is 14.4 Å². The number of hydrogen-bond donors (Lipinski definition) is 1. The molecule has 0 saturated carbocycles. The number of benzene rings is 2. The van der Waals surface area contributed by atoms with Gasteiger partial charge in [0.15, 0.2) is 5.82 Å². The number of amides is 1. The largest absolute Gasteiger partial charge is 0.337 e. The number of carbonyl (C=O) groups excluding carboxylic acids is 1. The summed E-state index contributed by atoms with van der Waals surface area (Å²) in [6, 6.07) is 18.3. The Bertz CT molecular complexity index is 1200. The van der Waals surface area contributed by atoms with Crippen LogP contribution in [0.5, 0.6) is 0 Å². The third kappa shape index (κ3) is 4.19. The van der Waals surface area contributed by atoms with Crippen LogP contribution in [0.4, 0.5) is 4.39 Å². The van der Waals surface area contributed by atoms with Crippen molar-refractivity contribution in [1.29, 1.82) is 0 Å². The summed E-state index contributed by atoms with van der Waals surface area (Å²) in [6.45, 7) is 1.45. The van der Waals surface area contributed by atoms with Gasteiger partial charge in [0.1, 0.15) is 17.2 Å². The van der Waals surface area contributed by atoms with E-state index in [1.807, 2.05) is 53.4 Å². The second kappa shape index (κ2) is 8.30. The van der Waals surface area contributed by atoms with Gasteiger partial charge in [-0.15, -0.1) is 0 Å². The number of aromatic amines is 1. The predicted molar refractivity (Wildman–Crippen MR) is 118 cm³/mol. The van der Waals surface area contributed by atoms with E-state index >= 15 is 0 Å². The molecule has 3 heterocycles. The number of carbonyl (C=O) groups is 1. The van der Waals surface area contributed by atoms with E-state index in [0.29, 0.717) is 23.1 Å². The number of nitrogens with zero attached hydrogens (tertiary/aromatic N) is 3. The third-order valence-corrected chi connectivity index (χ3v) is 5.97. The van der Waals surface area contributed by atoms with Crippen LogP contribution >= 0.6 is 0 Å². The Labute approximate surface area is 180 Å². The molecule has 5 rings (SSSR count). The molecule has 0 radical (unpaired) electrons. The molecule has 0 spiro atoms. The van der Waals surface area contributed by atoms with E-state index in [1.165, 1.54) is 12.1 Å². The van der Waals surface area contributed by atoms with E-state index in [1.54, 1.807) is 6.20 Å². The molecule has 1 aliphatic rings. The summed E-state index contributed by atoms with van der Waals surface area (Å²) in [5.74, 6) is 0.939. The van der Waals surface area contributed by atoms with Crippen LogP contribution in [0.1, 0.15) is 28.9 Å². The van der Waals surface area contributed by atoms with Crippen LogP contribution in [-0.2, 0) is 6.42 Å². The molecule has 2 aromatic heterocycles. The molecule has 4 aromatic rings. The maximum atomic E-state index is 13.1. The fourth-order valence-corrected chi connectivity index (χ4v) is 4.22. The molecule has 0 unspecified atom stereocenters. The second-order valence-corrected chi connectivity index (χ2v) is 8.11. The van der Waals surface area contributed by atoms with Crippen LogP contribution in [0.25, 0.3) is 22.4 Å². The monoisotopic (exact) mass is 414 g/mol. The second-order valence-electron chi connectivity index (χ2n) is 8.11. The van der Waals surface area contributed by atoms with E-state index < -0.39 is 0 Å². The Hall–Kier alpha value is -3.54. The van der Waals surface area contributed by atoms with Gasteiger partial charge in [-0.3, -0.25) is 4.79 Å². The lowest BCUT2D eigenvalue weighted by Gasteiger charge is -2.31. The summed E-state index contributed by atoms with van der Waals surface area (Å²) in [4.78, 5) is 27.1. The van der Waals surface area contributed by atoms with Crippen molar-refractivity contribution >= 4 is 16.9 Å². The Balaban J connectivity index is 1.25. The van der Waals surface area contributed by atoms with E-state index in [-0.39, 0.29) is 11.7 Å². The van der Waals surface area contributed by atoms with Gasteiger partial charge in [-0.1, -0.05) is 42.5 Å². The Morgan fingerprint density at radius 3 is 2.55 bits per heavy atom. The number of H-pyrrole nitrogens is 1. The van der Waals surface area contributed by atoms with Crippen molar-refractivity contribution < 1.29 is 9.18 Å². The minimum Gasteiger partial charge on any atom is -0.337 e. The Kier molecular flexibility index (Phi) is 5.20. The molecule has 2 aromatic carbocycles. The number of rotatable bonds is 4. The third-order valence-electron chi connectivity index (χ3n) is 5.97. The minimum absolute atomic E-state index is 0.000469. The fourth-order valence-electron chi connectivity index (χ4n) is 4.22. The molecule has 0 aliphatic carbocycles. The molecule has 156 valence electrons. The van der Waals surface area contributed by atoms with Crippen molar-refractivity contribution in [2.45, 2.75) is 19.3 Å². The van der Waals surface area contributed by atoms with E-state index in [0.717, 1.165) is 48.9 Å². The molecule has 0 bridgehead atoms. The minimum atomic E-state index is -0.205. The van der Waals surface area contributed by atoms with Crippen LogP contribution in [0.15, 0.2) is 66.9 Å². The van der Waals surface area contributed by atoms with Gasteiger partial charge < -0.3 is 9.88 Å². The first-order valence-electron chi connectivity index (χ1n) is 10.6. The number of nitrogens with one attached hydrogen (secondary N) is 1. The highest BCUT2D eigenvalue weighted by Crippen LogP contribution is 2.24. The van der Waals surface area contributed by atoms with Gasteiger partial charge in [0.2, 0.25) is 0 Å². The highest BCUT2D eigenvalue weighted by molar-refractivity contribution is 5.97. The molecule has 5 nitrogen and oxygen atoms in total. The number of halogens is 1. The van der Waals surface area contributed by atoms with Gasteiger partial charge in [-0.05, 0) is 48.9 Å². The van der Waals surface area contributed by atoms with Crippen LogP contribution in [0, 0.1) is 11.7 Å². The van der Waals surface area contributed by atoms with Crippen LogP contribution in [0.2, 0.25) is 0 Å². The first-order chi connectivity index (χ1) is 15.2. The maximum absolute atomic E-state index is 13.1. The first kappa shape index (κ1) is 19.4.